The van der Waals surface area contributed by atoms with Gasteiger partial charge in [-0.15, -0.1) is 0 Å². The Bertz CT molecular complexity index is 511. The first-order chi connectivity index (χ1) is 10.4. The number of amides is 1. The number of fused-ring (bicyclic) bond motifs is 1. The molecule has 1 heterocycles. The zero-order chi connectivity index (χ0) is 15.7. The average molecular weight is 303 g/mol. The smallest absolute Gasteiger partial charge is 0.410 e. The first-order valence-electron chi connectivity index (χ1n) is 8.03. The molecule has 1 aromatic rings. The van der Waals surface area contributed by atoms with Crippen LogP contribution < -0.4 is 0 Å². The molecule has 1 aromatic carbocycles. The van der Waals surface area contributed by atoms with Crippen molar-refractivity contribution in [1.29, 1.82) is 0 Å². The molecular weight excluding hydrogens is 278 g/mol. The second-order valence-electron chi connectivity index (χ2n) is 7.38. The molecule has 2 aliphatic rings. The van der Waals surface area contributed by atoms with E-state index in [9.17, 15) is 4.79 Å². The van der Waals surface area contributed by atoms with E-state index in [2.05, 4.69) is 12.1 Å². The lowest BCUT2D eigenvalue weighted by molar-refractivity contribution is 0.0246. The summed E-state index contributed by atoms with van der Waals surface area (Å²) in [6.45, 7) is 8.82. The van der Waals surface area contributed by atoms with Crippen LogP contribution in [0.5, 0.6) is 0 Å². The first-order valence-corrected chi connectivity index (χ1v) is 8.03. The van der Waals surface area contributed by atoms with Gasteiger partial charge in [-0.2, -0.15) is 0 Å². The minimum atomic E-state index is -0.415. The lowest BCUT2D eigenvalue weighted by atomic mass is 10.2. The van der Waals surface area contributed by atoms with Gasteiger partial charge in [-0.25, -0.2) is 4.79 Å². The molecule has 3 atom stereocenters. The van der Waals surface area contributed by atoms with E-state index < -0.39 is 5.60 Å². The Morgan fingerprint density at radius 3 is 2.41 bits per heavy atom. The molecule has 22 heavy (non-hydrogen) atoms. The number of hydrogen-bond donors (Lipinski definition) is 0. The van der Waals surface area contributed by atoms with Crippen molar-refractivity contribution in [2.45, 2.75) is 33.0 Å². The van der Waals surface area contributed by atoms with Crippen molar-refractivity contribution in [3.8, 4) is 0 Å². The fourth-order valence-electron chi connectivity index (χ4n) is 3.26. The molecule has 1 saturated heterocycles. The van der Waals surface area contributed by atoms with Gasteiger partial charge in [0.1, 0.15) is 5.60 Å². The standard InChI is InChI=1S/C18H25NO3/c1-18(2,3)22-17(20)19-9-14-15(10-19)16(14)12-21-11-13-7-5-4-6-8-13/h4-8,14-16H,9-12H2,1-3H3/t14-,15+,16?. The van der Waals surface area contributed by atoms with Crippen LogP contribution in [0, 0.1) is 17.8 Å². The Morgan fingerprint density at radius 2 is 1.82 bits per heavy atom. The van der Waals surface area contributed by atoms with E-state index in [1.165, 1.54) is 5.56 Å². The number of hydrogen-bond acceptors (Lipinski definition) is 3. The number of likely N-dealkylation sites (tertiary alicyclic amines) is 1. The lowest BCUT2D eigenvalue weighted by Crippen LogP contribution is -2.37. The molecule has 0 spiro atoms. The van der Waals surface area contributed by atoms with Gasteiger partial charge < -0.3 is 14.4 Å². The van der Waals surface area contributed by atoms with E-state index in [0.29, 0.717) is 24.4 Å². The van der Waals surface area contributed by atoms with E-state index in [0.717, 1.165) is 19.7 Å². The van der Waals surface area contributed by atoms with Gasteiger partial charge in [0.2, 0.25) is 0 Å². The molecule has 1 aliphatic carbocycles. The Labute approximate surface area is 132 Å². The monoisotopic (exact) mass is 303 g/mol. The molecule has 1 amide bonds. The minimum absolute atomic E-state index is 0.177. The quantitative estimate of drug-likeness (QED) is 0.856. The second kappa shape index (κ2) is 5.92. The highest BCUT2D eigenvalue weighted by atomic mass is 16.6. The Morgan fingerprint density at radius 1 is 1.18 bits per heavy atom. The van der Waals surface area contributed by atoms with Crippen LogP contribution in [0.1, 0.15) is 26.3 Å². The van der Waals surface area contributed by atoms with Gasteiger partial charge >= 0.3 is 6.09 Å². The zero-order valence-electron chi connectivity index (χ0n) is 13.6. The topological polar surface area (TPSA) is 38.8 Å². The molecule has 0 radical (unpaired) electrons. The summed E-state index contributed by atoms with van der Waals surface area (Å²) in [4.78, 5) is 13.8. The lowest BCUT2D eigenvalue weighted by Gasteiger charge is -2.25. The molecule has 4 heteroatoms. The molecule has 0 bridgehead atoms. The van der Waals surface area contributed by atoms with Crippen LogP contribution in [0.3, 0.4) is 0 Å². The summed E-state index contributed by atoms with van der Waals surface area (Å²) >= 11 is 0. The van der Waals surface area contributed by atoms with Gasteiger partial charge in [0.15, 0.2) is 0 Å². The third-order valence-electron chi connectivity index (χ3n) is 4.44. The predicted octanol–water partition coefficient (Wildman–Crippen LogP) is 3.32. The fraction of sp³-hybridized carbons (Fsp3) is 0.611. The fourth-order valence-corrected chi connectivity index (χ4v) is 3.26. The van der Waals surface area contributed by atoms with Crippen LogP contribution in [-0.2, 0) is 16.1 Å². The van der Waals surface area contributed by atoms with Crippen LogP contribution in [0.25, 0.3) is 0 Å². The van der Waals surface area contributed by atoms with Gasteiger partial charge in [-0.3, -0.25) is 0 Å². The summed E-state index contributed by atoms with van der Waals surface area (Å²) in [6.07, 6.45) is -0.177. The van der Waals surface area contributed by atoms with Crippen LogP contribution >= 0.6 is 0 Å². The number of benzene rings is 1. The third-order valence-corrected chi connectivity index (χ3v) is 4.44. The van der Waals surface area contributed by atoms with Gasteiger partial charge in [-0.1, -0.05) is 30.3 Å². The van der Waals surface area contributed by atoms with E-state index in [1.54, 1.807) is 0 Å². The molecule has 1 aliphatic heterocycles. The molecule has 4 nitrogen and oxygen atoms in total. The van der Waals surface area contributed by atoms with Crippen LogP contribution in [0.4, 0.5) is 4.79 Å². The maximum Gasteiger partial charge on any atom is 0.410 e. The Hall–Kier alpha value is -1.55. The number of rotatable bonds is 4. The average Bonchev–Trinajstić information content (AvgIpc) is 2.91. The van der Waals surface area contributed by atoms with Crippen molar-refractivity contribution in [1.82, 2.24) is 4.90 Å². The summed E-state index contributed by atoms with van der Waals surface area (Å²) in [6, 6.07) is 10.2. The summed E-state index contributed by atoms with van der Waals surface area (Å²) < 4.78 is 11.2. The number of piperidine rings is 1. The minimum Gasteiger partial charge on any atom is -0.444 e. The van der Waals surface area contributed by atoms with Crippen molar-refractivity contribution < 1.29 is 14.3 Å². The second-order valence-corrected chi connectivity index (χ2v) is 7.38. The van der Waals surface area contributed by atoms with Crippen molar-refractivity contribution >= 4 is 6.09 Å². The van der Waals surface area contributed by atoms with Crippen LogP contribution in [0.2, 0.25) is 0 Å². The molecule has 0 aromatic heterocycles. The van der Waals surface area contributed by atoms with Crippen LogP contribution in [-0.4, -0.2) is 36.3 Å². The maximum atomic E-state index is 12.0. The number of carbonyl (C=O) groups is 1. The van der Waals surface area contributed by atoms with Gasteiger partial charge in [-0.05, 0) is 44.1 Å². The largest absolute Gasteiger partial charge is 0.444 e. The maximum absolute atomic E-state index is 12.0. The van der Waals surface area contributed by atoms with Gasteiger partial charge in [0.05, 0.1) is 13.2 Å². The molecule has 120 valence electrons. The molecule has 0 N–H and O–H groups in total. The molecular formula is C18H25NO3. The zero-order valence-corrected chi connectivity index (χ0v) is 13.6. The van der Waals surface area contributed by atoms with Crippen molar-refractivity contribution in [3.05, 3.63) is 35.9 Å². The summed E-state index contributed by atoms with van der Waals surface area (Å²) in [7, 11) is 0. The van der Waals surface area contributed by atoms with Crippen molar-refractivity contribution in [3.63, 3.8) is 0 Å². The highest BCUT2D eigenvalue weighted by molar-refractivity contribution is 5.69. The summed E-state index contributed by atoms with van der Waals surface area (Å²) in [5, 5.41) is 0. The highest BCUT2D eigenvalue weighted by Crippen LogP contribution is 2.52. The first kappa shape index (κ1) is 15.3. The third kappa shape index (κ3) is 3.61. The predicted molar refractivity (Wildman–Crippen MR) is 84.4 cm³/mol. The van der Waals surface area contributed by atoms with Crippen LogP contribution in [0.15, 0.2) is 30.3 Å². The number of ether oxygens (including phenoxy) is 2. The van der Waals surface area contributed by atoms with E-state index in [1.807, 2.05) is 43.9 Å². The normalized spacial score (nSPS) is 26.7. The van der Waals surface area contributed by atoms with E-state index in [4.69, 9.17) is 9.47 Å². The Kier molecular flexibility index (Phi) is 4.13. The molecule has 2 fully saturated rings. The van der Waals surface area contributed by atoms with Crippen molar-refractivity contribution in [2.24, 2.45) is 17.8 Å². The number of carbonyl (C=O) groups excluding carboxylic acids is 1. The SMILES string of the molecule is CC(C)(C)OC(=O)N1C[C@@H]2C(COCc3ccccc3)[C@@H]2C1. The highest BCUT2D eigenvalue weighted by Gasteiger charge is 2.56. The summed E-state index contributed by atoms with van der Waals surface area (Å²) in [5.74, 6) is 1.81. The molecule has 1 unspecified atom stereocenters. The molecule has 1 saturated carbocycles. The van der Waals surface area contributed by atoms with E-state index in [-0.39, 0.29) is 6.09 Å². The van der Waals surface area contributed by atoms with Crippen molar-refractivity contribution in [2.75, 3.05) is 19.7 Å². The van der Waals surface area contributed by atoms with E-state index >= 15 is 0 Å². The number of nitrogens with zero attached hydrogens (tertiary/aromatic N) is 1. The summed E-state index contributed by atoms with van der Waals surface area (Å²) in [5.41, 5.74) is 0.797. The van der Waals surface area contributed by atoms with Gasteiger partial charge in [0.25, 0.3) is 0 Å². The molecule has 3 rings (SSSR count). The Balaban J connectivity index is 1.37. The van der Waals surface area contributed by atoms with Gasteiger partial charge in [0, 0.05) is 13.1 Å².